The summed E-state index contributed by atoms with van der Waals surface area (Å²) in [6, 6.07) is 20.2. The average molecular weight is 507 g/mol. The van der Waals surface area contributed by atoms with Crippen molar-refractivity contribution in [2.75, 3.05) is 13.2 Å². The number of hydrogen-bond donors (Lipinski definition) is 1. The fourth-order valence-corrected chi connectivity index (χ4v) is 4.83. The second-order valence-electron chi connectivity index (χ2n) is 9.78. The van der Waals surface area contributed by atoms with Crippen LogP contribution in [-0.4, -0.2) is 32.9 Å². The van der Waals surface area contributed by atoms with E-state index in [1.54, 1.807) is 36.7 Å². The fourth-order valence-electron chi connectivity index (χ4n) is 4.83. The molecule has 0 saturated heterocycles. The van der Waals surface area contributed by atoms with E-state index >= 15 is 0 Å². The number of benzene rings is 2. The third-order valence-corrected chi connectivity index (χ3v) is 7.09. The summed E-state index contributed by atoms with van der Waals surface area (Å²) >= 11 is 0. The van der Waals surface area contributed by atoms with Crippen LogP contribution in [0.25, 0.3) is 22.6 Å². The smallest absolute Gasteiger partial charge is 0.267 e. The number of nitriles is 1. The molecule has 0 spiro atoms. The van der Waals surface area contributed by atoms with Crippen molar-refractivity contribution >= 4 is 0 Å². The first-order valence-electron chi connectivity index (χ1n) is 12.9. The minimum atomic E-state index is -0.204. The molecule has 0 bridgehead atoms. The van der Waals surface area contributed by atoms with E-state index < -0.39 is 0 Å². The molecule has 2 aromatic carbocycles. The van der Waals surface area contributed by atoms with Crippen molar-refractivity contribution in [1.29, 1.82) is 5.26 Å². The molecule has 0 aliphatic heterocycles. The molecule has 8 nitrogen and oxygen atoms in total. The monoisotopic (exact) mass is 506 g/mol. The summed E-state index contributed by atoms with van der Waals surface area (Å²) in [7, 11) is 0. The van der Waals surface area contributed by atoms with Crippen LogP contribution in [0.3, 0.4) is 0 Å². The van der Waals surface area contributed by atoms with Crippen LogP contribution in [-0.2, 0) is 6.54 Å². The number of nitrogens with zero attached hydrogens (tertiary/aromatic N) is 5. The molecule has 1 aliphatic rings. The van der Waals surface area contributed by atoms with E-state index in [4.69, 9.17) is 10.5 Å². The van der Waals surface area contributed by atoms with Crippen molar-refractivity contribution in [2.45, 2.75) is 32.2 Å². The zero-order valence-corrected chi connectivity index (χ0v) is 21.2. The van der Waals surface area contributed by atoms with Crippen LogP contribution in [0, 0.1) is 23.2 Å². The van der Waals surface area contributed by atoms with Crippen molar-refractivity contribution < 1.29 is 4.74 Å². The average Bonchev–Trinajstić information content (AvgIpc) is 2.98. The van der Waals surface area contributed by atoms with Gasteiger partial charge in [0.15, 0.2) is 11.6 Å². The zero-order chi connectivity index (χ0) is 26.3. The van der Waals surface area contributed by atoms with Gasteiger partial charge in [-0.1, -0.05) is 30.3 Å². The Morgan fingerprint density at radius 3 is 2.45 bits per heavy atom. The molecule has 1 fully saturated rings. The van der Waals surface area contributed by atoms with Gasteiger partial charge in [-0.25, -0.2) is 14.6 Å². The Bertz CT molecular complexity index is 1480. The van der Waals surface area contributed by atoms with Gasteiger partial charge in [0.25, 0.3) is 5.56 Å². The predicted octanol–water partition coefficient (Wildman–Crippen LogP) is 4.43. The van der Waals surface area contributed by atoms with Crippen LogP contribution in [0.2, 0.25) is 0 Å². The minimum Gasteiger partial charge on any atom is -0.490 e. The second kappa shape index (κ2) is 11.8. The van der Waals surface area contributed by atoms with Crippen LogP contribution in [0.4, 0.5) is 0 Å². The topological polar surface area (TPSA) is 120 Å². The van der Waals surface area contributed by atoms with Gasteiger partial charge in [-0.05, 0) is 73.9 Å². The molecule has 4 aromatic rings. The third kappa shape index (κ3) is 6.13. The van der Waals surface area contributed by atoms with Crippen LogP contribution in [0.1, 0.15) is 36.8 Å². The van der Waals surface area contributed by atoms with Gasteiger partial charge in [0, 0.05) is 17.2 Å². The molecule has 0 radical (unpaired) electrons. The lowest BCUT2D eigenvalue weighted by molar-refractivity contribution is 0.184. The first-order chi connectivity index (χ1) is 18.6. The Kier molecular flexibility index (Phi) is 7.86. The maximum Gasteiger partial charge on any atom is 0.267 e. The zero-order valence-electron chi connectivity index (χ0n) is 21.2. The molecule has 0 amide bonds. The Morgan fingerprint density at radius 2 is 1.68 bits per heavy atom. The lowest BCUT2D eigenvalue weighted by Gasteiger charge is -2.27. The van der Waals surface area contributed by atoms with Crippen molar-refractivity contribution in [3.8, 4) is 34.5 Å². The molecular weight excluding hydrogens is 476 g/mol. The third-order valence-electron chi connectivity index (χ3n) is 7.09. The van der Waals surface area contributed by atoms with Crippen LogP contribution in [0.15, 0.2) is 77.9 Å². The summed E-state index contributed by atoms with van der Waals surface area (Å²) in [5, 5.41) is 13.7. The van der Waals surface area contributed by atoms with Crippen LogP contribution in [0.5, 0.6) is 5.75 Å². The van der Waals surface area contributed by atoms with Crippen molar-refractivity contribution in [3.05, 3.63) is 94.5 Å². The molecule has 0 atom stereocenters. The highest BCUT2D eigenvalue weighted by Gasteiger charge is 2.20. The Labute approximate surface area is 221 Å². The Hall–Kier alpha value is -4.35. The number of aromatic nitrogens is 4. The fraction of sp³-hybridized carbons (Fsp3) is 0.300. The minimum absolute atomic E-state index is 0.204. The molecule has 8 heteroatoms. The van der Waals surface area contributed by atoms with Gasteiger partial charge in [-0.3, -0.25) is 4.79 Å². The molecule has 1 aliphatic carbocycles. The molecule has 0 unspecified atom stereocenters. The van der Waals surface area contributed by atoms with E-state index in [1.165, 1.54) is 23.6 Å². The number of ether oxygens (including phenoxy) is 1. The molecule has 38 heavy (non-hydrogen) atoms. The van der Waals surface area contributed by atoms with Crippen LogP contribution < -0.4 is 16.0 Å². The largest absolute Gasteiger partial charge is 0.490 e. The van der Waals surface area contributed by atoms with Gasteiger partial charge in [0.2, 0.25) is 0 Å². The summed E-state index contributed by atoms with van der Waals surface area (Å²) in [6.45, 7) is 1.75. The normalized spacial score (nSPS) is 17.1. The van der Waals surface area contributed by atoms with E-state index in [-0.39, 0.29) is 5.56 Å². The van der Waals surface area contributed by atoms with Gasteiger partial charge in [0.1, 0.15) is 0 Å². The number of nitrogens with two attached hydrogens (primary N) is 1. The van der Waals surface area contributed by atoms with Gasteiger partial charge in [-0.2, -0.15) is 10.4 Å². The van der Waals surface area contributed by atoms with Crippen molar-refractivity contribution in [3.63, 3.8) is 0 Å². The lowest BCUT2D eigenvalue weighted by Crippen LogP contribution is -2.24. The number of rotatable bonds is 8. The van der Waals surface area contributed by atoms with E-state index in [9.17, 15) is 10.1 Å². The van der Waals surface area contributed by atoms with Gasteiger partial charge in [-0.15, -0.1) is 0 Å². The Balaban J connectivity index is 1.26. The summed E-state index contributed by atoms with van der Waals surface area (Å²) in [4.78, 5) is 21.6. The van der Waals surface area contributed by atoms with Crippen LogP contribution >= 0.6 is 0 Å². The highest BCUT2D eigenvalue weighted by atomic mass is 16.5. The van der Waals surface area contributed by atoms with Gasteiger partial charge < -0.3 is 10.5 Å². The standard InChI is InChI=1S/C30H30N6O2/c31-15-21-7-9-22(10-8-21)20-38-27-17-33-30(34-18-27)26-6-2-4-24(14-26)19-36-29(37)12-11-28(35-36)25-5-1-3-23(13-25)16-32/h1-6,11-14,17-18,21-22H,7-10,15,19-20,31H2. The first kappa shape index (κ1) is 25.3. The molecule has 2 N–H and O–H groups in total. The van der Waals surface area contributed by atoms with E-state index in [0.717, 1.165) is 36.1 Å². The molecule has 5 rings (SSSR count). The first-order valence-corrected chi connectivity index (χ1v) is 12.9. The van der Waals surface area contributed by atoms with Gasteiger partial charge in [0.05, 0.1) is 42.9 Å². The lowest BCUT2D eigenvalue weighted by atomic mass is 9.82. The highest BCUT2D eigenvalue weighted by molar-refractivity contribution is 5.60. The number of hydrogen-bond acceptors (Lipinski definition) is 7. The highest BCUT2D eigenvalue weighted by Crippen LogP contribution is 2.28. The van der Waals surface area contributed by atoms with E-state index in [1.807, 2.05) is 30.3 Å². The molecule has 192 valence electrons. The summed E-state index contributed by atoms with van der Waals surface area (Å²) < 4.78 is 7.39. The van der Waals surface area contributed by atoms with E-state index in [2.05, 4.69) is 21.1 Å². The SMILES string of the molecule is N#Cc1cccc(-c2ccc(=O)n(Cc3cccc(-c4ncc(OCC5CCC(CN)CC5)cn4)c3)n2)c1. The van der Waals surface area contributed by atoms with Gasteiger partial charge >= 0.3 is 0 Å². The Morgan fingerprint density at radius 1 is 0.947 bits per heavy atom. The molecule has 2 heterocycles. The quantitative estimate of drug-likeness (QED) is 0.375. The van der Waals surface area contributed by atoms with Crippen molar-refractivity contribution in [2.24, 2.45) is 17.6 Å². The maximum absolute atomic E-state index is 12.5. The molecule has 1 saturated carbocycles. The van der Waals surface area contributed by atoms with Crippen molar-refractivity contribution in [1.82, 2.24) is 19.7 Å². The molecular formula is C30H30N6O2. The maximum atomic E-state index is 12.5. The predicted molar refractivity (Wildman–Crippen MR) is 145 cm³/mol. The summed E-state index contributed by atoms with van der Waals surface area (Å²) in [6.07, 6.45) is 8.09. The second-order valence-corrected chi connectivity index (χ2v) is 9.78. The van der Waals surface area contributed by atoms with E-state index in [0.29, 0.717) is 47.8 Å². The summed E-state index contributed by atoms with van der Waals surface area (Å²) in [5.41, 5.74) is 9.29. The molecule has 2 aromatic heterocycles. The summed E-state index contributed by atoms with van der Waals surface area (Å²) in [5.74, 6) is 2.47.